The molecule has 1 aromatic carbocycles. The van der Waals surface area contributed by atoms with E-state index in [1.165, 1.54) is 4.90 Å². The van der Waals surface area contributed by atoms with Crippen LogP contribution in [0.15, 0.2) is 36.7 Å². The van der Waals surface area contributed by atoms with E-state index in [-0.39, 0.29) is 24.3 Å². The highest BCUT2D eigenvalue weighted by molar-refractivity contribution is 6.08. The van der Waals surface area contributed by atoms with Crippen molar-refractivity contribution in [3.63, 3.8) is 0 Å². The maximum atomic E-state index is 12.4. The number of pyridine rings is 1. The van der Waals surface area contributed by atoms with Crippen LogP contribution >= 0.6 is 0 Å². The zero-order valence-electron chi connectivity index (χ0n) is 11.5. The van der Waals surface area contributed by atoms with Crippen molar-refractivity contribution in [2.24, 2.45) is 0 Å². The van der Waals surface area contributed by atoms with Crippen molar-refractivity contribution in [1.29, 1.82) is 0 Å². The SMILES string of the molecule is O=C1CC(Nc2cccc3ccncc23)C(=O)N1C1CC1. The second-order valence-corrected chi connectivity index (χ2v) is 5.64. The van der Waals surface area contributed by atoms with Gasteiger partial charge in [-0.05, 0) is 30.4 Å². The van der Waals surface area contributed by atoms with Crippen LogP contribution in [0.2, 0.25) is 0 Å². The van der Waals surface area contributed by atoms with E-state index in [0.717, 1.165) is 29.3 Å². The lowest BCUT2D eigenvalue weighted by Crippen LogP contribution is -2.36. The highest BCUT2D eigenvalue weighted by atomic mass is 16.2. The molecule has 21 heavy (non-hydrogen) atoms. The van der Waals surface area contributed by atoms with Gasteiger partial charge in [-0.2, -0.15) is 0 Å². The third-order valence-corrected chi connectivity index (χ3v) is 4.11. The predicted molar refractivity (Wildman–Crippen MR) is 78.6 cm³/mol. The molecule has 0 spiro atoms. The zero-order valence-corrected chi connectivity index (χ0v) is 11.5. The second kappa shape index (κ2) is 4.55. The highest BCUT2D eigenvalue weighted by Crippen LogP contribution is 2.33. The first-order valence-electron chi connectivity index (χ1n) is 7.19. The number of carbonyl (C=O) groups is 2. The van der Waals surface area contributed by atoms with Gasteiger partial charge in [0.15, 0.2) is 0 Å². The number of hydrogen-bond donors (Lipinski definition) is 1. The Morgan fingerprint density at radius 3 is 2.86 bits per heavy atom. The largest absolute Gasteiger partial charge is 0.373 e. The molecular weight excluding hydrogens is 266 g/mol. The van der Waals surface area contributed by atoms with Gasteiger partial charge in [0.1, 0.15) is 6.04 Å². The highest BCUT2D eigenvalue weighted by Gasteiger charge is 2.46. The summed E-state index contributed by atoms with van der Waals surface area (Å²) in [5.41, 5.74) is 0.851. The summed E-state index contributed by atoms with van der Waals surface area (Å²) in [5, 5.41) is 5.25. The summed E-state index contributed by atoms with van der Waals surface area (Å²) in [6, 6.07) is 7.47. The molecule has 1 aromatic heterocycles. The van der Waals surface area contributed by atoms with Crippen molar-refractivity contribution in [3.05, 3.63) is 36.7 Å². The number of imide groups is 1. The lowest BCUT2D eigenvalue weighted by atomic mass is 10.1. The number of amides is 2. The topological polar surface area (TPSA) is 62.3 Å². The molecule has 5 nitrogen and oxygen atoms in total. The number of carbonyl (C=O) groups excluding carboxylic acids is 2. The van der Waals surface area contributed by atoms with Crippen molar-refractivity contribution in [2.75, 3.05) is 5.32 Å². The van der Waals surface area contributed by atoms with Crippen LogP contribution in [0.3, 0.4) is 0 Å². The maximum absolute atomic E-state index is 12.4. The molecule has 2 aromatic rings. The molecule has 5 heteroatoms. The summed E-state index contributed by atoms with van der Waals surface area (Å²) in [7, 11) is 0. The van der Waals surface area contributed by atoms with Crippen LogP contribution in [0.5, 0.6) is 0 Å². The molecule has 1 saturated heterocycles. The van der Waals surface area contributed by atoms with Crippen LogP contribution in [0.4, 0.5) is 5.69 Å². The Bertz CT molecular complexity index is 734. The molecule has 1 aliphatic heterocycles. The molecule has 2 heterocycles. The van der Waals surface area contributed by atoms with Crippen molar-refractivity contribution in [2.45, 2.75) is 31.3 Å². The standard InChI is InChI=1S/C16H15N3O2/c20-15-8-14(16(21)19(15)11-4-5-11)18-13-3-1-2-10-6-7-17-9-12(10)13/h1-3,6-7,9,11,14,18H,4-5,8H2. The van der Waals surface area contributed by atoms with Gasteiger partial charge in [0.05, 0.1) is 6.42 Å². The molecule has 1 aliphatic carbocycles. The summed E-state index contributed by atoms with van der Waals surface area (Å²) in [6.07, 6.45) is 5.65. The van der Waals surface area contributed by atoms with Gasteiger partial charge in [-0.1, -0.05) is 12.1 Å². The van der Waals surface area contributed by atoms with Crippen LogP contribution in [0.1, 0.15) is 19.3 Å². The first-order valence-corrected chi connectivity index (χ1v) is 7.19. The molecule has 1 atom stereocenters. The number of fused-ring (bicyclic) bond motifs is 1. The Hall–Kier alpha value is -2.43. The Kier molecular flexibility index (Phi) is 2.67. The number of benzene rings is 1. The molecule has 0 bridgehead atoms. The number of nitrogens with one attached hydrogen (secondary N) is 1. The molecule has 106 valence electrons. The fourth-order valence-corrected chi connectivity index (χ4v) is 2.91. The fraction of sp³-hybridized carbons (Fsp3) is 0.312. The molecular formula is C16H15N3O2. The average Bonchev–Trinajstić information content (AvgIpc) is 3.27. The summed E-state index contributed by atoms with van der Waals surface area (Å²) < 4.78 is 0. The third-order valence-electron chi connectivity index (χ3n) is 4.11. The van der Waals surface area contributed by atoms with Crippen LogP contribution in [-0.2, 0) is 9.59 Å². The van der Waals surface area contributed by atoms with Gasteiger partial charge >= 0.3 is 0 Å². The van der Waals surface area contributed by atoms with E-state index >= 15 is 0 Å². The van der Waals surface area contributed by atoms with Gasteiger partial charge in [-0.25, -0.2) is 0 Å². The minimum Gasteiger partial charge on any atom is -0.373 e. The Morgan fingerprint density at radius 1 is 1.19 bits per heavy atom. The summed E-state index contributed by atoms with van der Waals surface area (Å²) in [4.78, 5) is 29.9. The van der Waals surface area contributed by atoms with E-state index in [4.69, 9.17) is 0 Å². The van der Waals surface area contributed by atoms with E-state index in [1.807, 2.05) is 24.3 Å². The van der Waals surface area contributed by atoms with E-state index in [1.54, 1.807) is 12.4 Å². The lowest BCUT2D eigenvalue weighted by Gasteiger charge is -2.16. The molecule has 4 rings (SSSR count). The van der Waals surface area contributed by atoms with Crippen LogP contribution in [0, 0.1) is 0 Å². The minimum atomic E-state index is -0.455. The maximum Gasteiger partial charge on any atom is 0.252 e. The lowest BCUT2D eigenvalue weighted by molar-refractivity contribution is -0.139. The van der Waals surface area contributed by atoms with Crippen LogP contribution < -0.4 is 5.32 Å². The average molecular weight is 281 g/mol. The molecule has 1 saturated carbocycles. The molecule has 1 unspecified atom stereocenters. The molecule has 1 N–H and O–H groups in total. The van der Waals surface area contributed by atoms with E-state index < -0.39 is 6.04 Å². The Morgan fingerprint density at radius 2 is 2.05 bits per heavy atom. The van der Waals surface area contributed by atoms with Gasteiger partial charge in [0.25, 0.3) is 5.91 Å². The number of anilines is 1. The van der Waals surface area contributed by atoms with Crippen molar-refractivity contribution < 1.29 is 9.59 Å². The predicted octanol–water partition coefficient (Wildman–Crippen LogP) is 1.94. The van der Waals surface area contributed by atoms with E-state index in [9.17, 15) is 9.59 Å². The normalized spacial score (nSPS) is 22.1. The number of likely N-dealkylation sites (tertiary alicyclic amines) is 1. The first-order chi connectivity index (χ1) is 10.2. The third kappa shape index (κ3) is 2.05. The number of aromatic nitrogens is 1. The minimum absolute atomic E-state index is 0.0571. The monoisotopic (exact) mass is 281 g/mol. The van der Waals surface area contributed by atoms with Gasteiger partial charge in [0, 0.05) is 29.5 Å². The zero-order chi connectivity index (χ0) is 14.4. The summed E-state index contributed by atoms with van der Waals surface area (Å²) in [6.45, 7) is 0. The van der Waals surface area contributed by atoms with E-state index in [0.29, 0.717) is 0 Å². The number of nitrogens with zero attached hydrogens (tertiary/aromatic N) is 2. The molecule has 0 radical (unpaired) electrons. The van der Waals surface area contributed by atoms with Crippen LogP contribution in [-0.4, -0.2) is 33.8 Å². The van der Waals surface area contributed by atoms with Crippen LogP contribution in [0.25, 0.3) is 10.8 Å². The Balaban J connectivity index is 1.63. The van der Waals surface area contributed by atoms with Gasteiger partial charge in [0.2, 0.25) is 5.91 Å². The van der Waals surface area contributed by atoms with Crippen molar-refractivity contribution in [1.82, 2.24) is 9.88 Å². The van der Waals surface area contributed by atoms with E-state index in [2.05, 4.69) is 10.3 Å². The molecule has 2 amide bonds. The Labute approximate surface area is 122 Å². The quantitative estimate of drug-likeness (QED) is 0.873. The van der Waals surface area contributed by atoms with Crippen molar-refractivity contribution >= 4 is 28.3 Å². The van der Waals surface area contributed by atoms with Gasteiger partial charge in [-0.3, -0.25) is 19.5 Å². The van der Waals surface area contributed by atoms with Crippen molar-refractivity contribution in [3.8, 4) is 0 Å². The van der Waals surface area contributed by atoms with Gasteiger partial charge in [-0.15, -0.1) is 0 Å². The fourth-order valence-electron chi connectivity index (χ4n) is 2.91. The van der Waals surface area contributed by atoms with Gasteiger partial charge < -0.3 is 5.32 Å². The smallest absolute Gasteiger partial charge is 0.252 e. The summed E-state index contributed by atoms with van der Waals surface area (Å²) in [5.74, 6) is -0.151. The number of hydrogen-bond acceptors (Lipinski definition) is 4. The molecule has 2 aliphatic rings. The second-order valence-electron chi connectivity index (χ2n) is 5.64. The summed E-state index contributed by atoms with van der Waals surface area (Å²) >= 11 is 0. The molecule has 2 fully saturated rings. The number of rotatable bonds is 3. The first kappa shape index (κ1) is 12.3.